The highest BCUT2D eigenvalue weighted by Crippen LogP contribution is 2.43. The van der Waals surface area contributed by atoms with Crippen LogP contribution in [0.15, 0.2) is 48.5 Å². The van der Waals surface area contributed by atoms with Gasteiger partial charge in [-0.1, -0.05) is 30.3 Å². The normalized spacial score (nSPS) is 15.4. The maximum Gasteiger partial charge on any atom is 0.226 e. The van der Waals surface area contributed by atoms with Gasteiger partial charge < -0.3 is 11.1 Å². The Morgan fingerprint density at radius 2 is 2.04 bits per heavy atom. The van der Waals surface area contributed by atoms with E-state index in [1.54, 1.807) is 11.3 Å². The van der Waals surface area contributed by atoms with Crippen molar-refractivity contribution in [2.45, 2.75) is 31.2 Å². The van der Waals surface area contributed by atoms with E-state index in [0.717, 1.165) is 21.5 Å². The van der Waals surface area contributed by atoms with Crippen molar-refractivity contribution >= 4 is 33.1 Å². The Labute approximate surface area is 144 Å². The first-order valence-corrected chi connectivity index (χ1v) is 9.01. The summed E-state index contributed by atoms with van der Waals surface area (Å²) in [5, 5.41) is 4.17. The number of nitrogens with one attached hydrogen (secondary N) is 1. The number of hydrogen-bond donors (Lipinski definition) is 2. The molecule has 24 heavy (non-hydrogen) atoms. The molecule has 2 aromatic carbocycles. The topological polar surface area (TPSA) is 68.0 Å². The van der Waals surface area contributed by atoms with E-state index >= 15 is 0 Å². The molecule has 4 rings (SSSR count). The summed E-state index contributed by atoms with van der Waals surface area (Å²) in [5.41, 5.74) is 8.91. The van der Waals surface area contributed by atoms with E-state index in [1.165, 1.54) is 17.8 Å². The lowest BCUT2D eigenvalue weighted by Crippen LogP contribution is -2.20. The third-order valence-corrected chi connectivity index (χ3v) is 5.43. The van der Waals surface area contributed by atoms with Crippen LogP contribution in [-0.2, 0) is 4.79 Å². The summed E-state index contributed by atoms with van der Waals surface area (Å²) in [6, 6.07) is 15.3. The van der Waals surface area contributed by atoms with Crippen molar-refractivity contribution in [3.8, 4) is 0 Å². The summed E-state index contributed by atoms with van der Waals surface area (Å²) < 4.78 is 1.13. The van der Waals surface area contributed by atoms with Crippen LogP contribution in [0.1, 0.15) is 41.8 Å². The number of nitrogens with two attached hydrogens (primary N) is 1. The monoisotopic (exact) mass is 337 g/mol. The molecule has 1 aromatic heterocycles. The first kappa shape index (κ1) is 15.3. The van der Waals surface area contributed by atoms with Crippen molar-refractivity contribution < 1.29 is 4.79 Å². The number of hydrogen-bond acceptors (Lipinski definition) is 4. The lowest BCUT2D eigenvalue weighted by atomic mass is 10.0. The Kier molecular flexibility index (Phi) is 4.04. The second kappa shape index (κ2) is 6.34. The number of aromatic nitrogens is 1. The van der Waals surface area contributed by atoms with Gasteiger partial charge in [0.1, 0.15) is 0 Å². The highest BCUT2D eigenvalue weighted by Gasteiger charge is 2.27. The standard InChI is InChI=1S/C19H19N3OS/c20-15(12-4-2-1-3-5-12)11-18(23)21-14-8-9-16-17(10-14)24-19(22-16)13-6-7-13/h1-5,8-10,13,15H,6-7,11,20H2,(H,21,23). The second-order valence-electron chi connectivity index (χ2n) is 6.28. The molecule has 4 nitrogen and oxygen atoms in total. The predicted octanol–water partition coefficient (Wildman–Crippen LogP) is 4.20. The minimum Gasteiger partial charge on any atom is -0.326 e. The van der Waals surface area contributed by atoms with Crippen molar-refractivity contribution in [1.29, 1.82) is 0 Å². The number of amides is 1. The third-order valence-electron chi connectivity index (χ3n) is 4.25. The Morgan fingerprint density at radius 1 is 1.25 bits per heavy atom. The van der Waals surface area contributed by atoms with Gasteiger partial charge in [0, 0.05) is 24.1 Å². The molecule has 0 saturated heterocycles. The van der Waals surface area contributed by atoms with Gasteiger partial charge in [0.25, 0.3) is 0 Å². The SMILES string of the molecule is NC(CC(=O)Nc1ccc2nc(C3CC3)sc2c1)c1ccccc1. The summed E-state index contributed by atoms with van der Waals surface area (Å²) in [4.78, 5) is 16.9. The van der Waals surface area contributed by atoms with Crippen molar-refractivity contribution in [3.63, 3.8) is 0 Å². The van der Waals surface area contributed by atoms with Gasteiger partial charge in [0.2, 0.25) is 5.91 Å². The van der Waals surface area contributed by atoms with Crippen LogP contribution >= 0.6 is 11.3 Å². The summed E-state index contributed by atoms with van der Waals surface area (Å²) in [5.74, 6) is 0.585. The molecule has 3 aromatic rings. The molecule has 1 aliphatic rings. The highest BCUT2D eigenvalue weighted by molar-refractivity contribution is 7.18. The molecule has 1 saturated carbocycles. The van der Waals surface area contributed by atoms with Crippen molar-refractivity contribution in [3.05, 3.63) is 59.1 Å². The first-order valence-electron chi connectivity index (χ1n) is 8.20. The second-order valence-corrected chi connectivity index (χ2v) is 7.34. The molecular formula is C19H19N3OS. The molecular weight excluding hydrogens is 318 g/mol. The number of rotatable bonds is 5. The van der Waals surface area contributed by atoms with Gasteiger partial charge >= 0.3 is 0 Å². The zero-order chi connectivity index (χ0) is 16.5. The number of nitrogens with zero attached hydrogens (tertiary/aromatic N) is 1. The first-order chi connectivity index (χ1) is 11.7. The molecule has 0 spiro atoms. The number of carbonyl (C=O) groups is 1. The fourth-order valence-electron chi connectivity index (χ4n) is 2.75. The van der Waals surface area contributed by atoms with Crippen LogP contribution in [0.4, 0.5) is 5.69 Å². The number of benzene rings is 2. The van der Waals surface area contributed by atoms with Gasteiger partial charge in [-0.05, 0) is 36.6 Å². The van der Waals surface area contributed by atoms with Gasteiger partial charge in [-0.3, -0.25) is 4.79 Å². The van der Waals surface area contributed by atoms with Crippen LogP contribution in [0.25, 0.3) is 10.2 Å². The zero-order valence-electron chi connectivity index (χ0n) is 13.2. The van der Waals surface area contributed by atoms with Gasteiger partial charge in [-0.15, -0.1) is 11.3 Å². The van der Waals surface area contributed by atoms with Crippen molar-refractivity contribution in [2.24, 2.45) is 5.73 Å². The molecule has 1 aliphatic carbocycles. The molecule has 1 heterocycles. The molecule has 0 aliphatic heterocycles. The van der Waals surface area contributed by atoms with E-state index < -0.39 is 0 Å². The van der Waals surface area contributed by atoms with Crippen LogP contribution in [0, 0.1) is 0 Å². The smallest absolute Gasteiger partial charge is 0.226 e. The van der Waals surface area contributed by atoms with Crippen LogP contribution in [-0.4, -0.2) is 10.9 Å². The Hall–Kier alpha value is -2.24. The summed E-state index contributed by atoms with van der Waals surface area (Å²) in [7, 11) is 0. The number of thiazole rings is 1. The molecule has 1 unspecified atom stereocenters. The molecule has 5 heteroatoms. The number of fused-ring (bicyclic) bond motifs is 1. The van der Waals surface area contributed by atoms with Crippen LogP contribution in [0.2, 0.25) is 0 Å². The quantitative estimate of drug-likeness (QED) is 0.733. The van der Waals surface area contributed by atoms with Gasteiger partial charge in [0.15, 0.2) is 0 Å². The Bertz CT molecular complexity index is 871. The molecule has 1 fully saturated rings. The molecule has 122 valence electrons. The summed E-state index contributed by atoms with van der Waals surface area (Å²) >= 11 is 1.73. The minimum absolute atomic E-state index is 0.0716. The number of anilines is 1. The van der Waals surface area contributed by atoms with E-state index in [4.69, 9.17) is 5.73 Å². The van der Waals surface area contributed by atoms with Gasteiger partial charge in [-0.2, -0.15) is 0 Å². The zero-order valence-corrected chi connectivity index (χ0v) is 14.1. The Morgan fingerprint density at radius 3 is 2.79 bits per heavy atom. The summed E-state index contributed by atoms with van der Waals surface area (Å²) in [6.07, 6.45) is 2.76. The van der Waals surface area contributed by atoms with Crippen LogP contribution in [0.3, 0.4) is 0 Å². The van der Waals surface area contributed by atoms with Crippen molar-refractivity contribution in [1.82, 2.24) is 4.98 Å². The molecule has 0 bridgehead atoms. The molecule has 1 amide bonds. The third kappa shape index (κ3) is 3.32. The number of carbonyl (C=O) groups excluding carboxylic acids is 1. The van der Waals surface area contributed by atoms with Crippen LogP contribution in [0.5, 0.6) is 0 Å². The lowest BCUT2D eigenvalue weighted by Gasteiger charge is -2.12. The van der Waals surface area contributed by atoms with E-state index in [0.29, 0.717) is 5.92 Å². The maximum atomic E-state index is 12.3. The maximum absolute atomic E-state index is 12.3. The Balaban J connectivity index is 1.44. The van der Waals surface area contributed by atoms with Crippen molar-refractivity contribution in [2.75, 3.05) is 5.32 Å². The van der Waals surface area contributed by atoms with Gasteiger partial charge in [-0.25, -0.2) is 4.98 Å². The van der Waals surface area contributed by atoms with E-state index in [2.05, 4.69) is 10.3 Å². The van der Waals surface area contributed by atoms with Gasteiger partial charge in [0.05, 0.1) is 15.2 Å². The fraction of sp³-hybridized carbons (Fsp3) is 0.263. The van der Waals surface area contributed by atoms with E-state index in [1.807, 2.05) is 48.5 Å². The molecule has 1 atom stereocenters. The average molecular weight is 337 g/mol. The van der Waals surface area contributed by atoms with Crippen LogP contribution < -0.4 is 11.1 Å². The predicted molar refractivity (Wildman–Crippen MR) is 98.2 cm³/mol. The summed E-state index contributed by atoms with van der Waals surface area (Å²) in [6.45, 7) is 0. The molecule has 0 radical (unpaired) electrons. The highest BCUT2D eigenvalue weighted by atomic mass is 32.1. The lowest BCUT2D eigenvalue weighted by molar-refractivity contribution is -0.116. The van der Waals surface area contributed by atoms with E-state index in [9.17, 15) is 4.79 Å². The average Bonchev–Trinajstić information content (AvgIpc) is 3.35. The fourth-order valence-corrected chi connectivity index (χ4v) is 3.93. The minimum atomic E-state index is -0.292. The van der Waals surface area contributed by atoms with E-state index in [-0.39, 0.29) is 18.4 Å². The largest absolute Gasteiger partial charge is 0.326 e. The molecule has 3 N–H and O–H groups in total.